The van der Waals surface area contributed by atoms with Crippen LogP contribution in [0.2, 0.25) is 0 Å². The maximum absolute atomic E-state index is 11.3. The van der Waals surface area contributed by atoms with Crippen molar-refractivity contribution < 1.29 is 9.53 Å². The molecule has 0 bridgehead atoms. The molecule has 0 radical (unpaired) electrons. The van der Waals surface area contributed by atoms with Crippen molar-refractivity contribution in [3.63, 3.8) is 0 Å². The summed E-state index contributed by atoms with van der Waals surface area (Å²) in [4.78, 5) is 11.3. The molecule has 0 saturated carbocycles. The Kier molecular flexibility index (Phi) is 7.64. The van der Waals surface area contributed by atoms with Crippen molar-refractivity contribution in [1.29, 1.82) is 5.26 Å². The number of nitriles is 1. The molecule has 0 fully saturated rings. The molecule has 1 aliphatic carbocycles. The Morgan fingerprint density at radius 1 is 1.28 bits per heavy atom. The molecule has 0 amide bonds. The first-order chi connectivity index (χ1) is 11.7. The fourth-order valence-corrected chi connectivity index (χ4v) is 3.07. The van der Waals surface area contributed by atoms with Crippen LogP contribution < -0.4 is 0 Å². The van der Waals surface area contributed by atoms with Gasteiger partial charge in [0.2, 0.25) is 0 Å². The van der Waals surface area contributed by atoms with E-state index in [1.165, 1.54) is 43.6 Å². The first-order valence-corrected chi connectivity index (χ1v) is 8.65. The predicted octanol–water partition coefficient (Wildman–Crippen LogP) is 5.58. The minimum atomic E-state index is -0.457. The number of nitrogens with zero attached hydrogens (tertiary/aromatic N) is 1. The van der Waals surface area contributed by atoms with Crippen molar-refractivity contribution >= 4 is 5.97 Å². The fourth-order valence-electron chi connectivity index (χ4n) is 3.07. The van der Waals surface area contributed by atoms with Gasteiger partial charge < -0.3 is 4.74 Å². The van der Waals surface area contributed by atoms with E-state index in [4.69, 9.17) is 0 Å². The molecule has 0 N–H and O–H groups in total. The van der Waals surface area contributed by atoms with Crippen molar-refractivity contribution in [1.82, 2.24) is 0 Å². The summed E-state index contributed by atoms with van der Waals surface area (Å²) in [6.45, 7) is 10.5. The third-order valence-corrected chi connectivity index (χ3v) is 4.65. The van der Waals surface area contributed by atoms with Crippen LogP contribution in [0, 0.1) is 16.7 Å². The third-order valence-electron chi connectivity index (χ3n) is 4.65. The summed E-state index contributed by atoms with van der Waals surface area (Å²) in [5, 5.41) is 9.27. The average Bonchev–Trinajstić information content (AvgIpc) is 2.54. The lowest BCUT2D eigenvalue weighted by Gasteiger charge is -2.32. The van der Waals surface area contributed by atoms with Gasteiger partial charge in [0.1, 0.15) is 0 Å². The van der Waals surface area contributed by atoms with E-state index in [0.29, 0.717) is 11.1 Å². The summed E-state index contributed by atoms with van der Waals surface area (Å²) in [5.41, 5.74) is 5.19. The zero-order valence-corrected chi connectivity index (χ0v) is 16.3. The van der Waals surface area contributed by atoms with Gasteiger partial charge in [0, 0.05) is 6.08 Å². The zero-order valence-electron chi connectivity index (χ0n) is 16.3. The number of carbonyl (C=O) groups is 1. The molecule has 0 aromatic rings. The summed E-state index contributed by atoms with van der Waals surface area (Å²) in [6, 6.07) is 2.12. The summed E-state index contributed by atoms with van der Waals surface area (Å²) in [7, 11) is 1.32. The van der Waals surface area contributed by atoms with E-state index in [0.717, 1.165) is 5.57 Å². The number of methoxy groups -OCH3 is 1. The van der Waals surface area contributed by atoms with Gasteiger partial charge in [-0.3, -0.25) is 0 Å². The monoisotopic (exact) mass is 339 g/mol. The lowest BCUT2D eigenvalue weighted by atomic mass is 9.72. The van der Waals surface area contributed by atoms with E-state index in [1.54, 1.807) is 13.0 Å². The molecular weight excluding hydrogens is 310 g/mol. The Morgan fingerprint density at radius 3 is 2.52 bits per heavy atom. The van der Waals surface area contributed by atoms with Crippen LogP contribution in [0.4, 0.5) is 0 Å². The third kappa shape index (κ3) is 6.23. The first-order valence-electron chi connectivity index (χ1n) is 8.65. The predicted molar refractivity (Wildman–Crippen MR) is 103 cm³/mol. The summed E-state index contributed by atoms with van der Waals surface area (Å²) in [5.74, 6) is -0.457. The number of allylic oxidation sites excluding steroid dienone is 9. The van der Waals surface area contributed by atoms with Crippen LogP contribution >= 0.6 is 0 Å². The van der Waals surface area contributed by atoms with Gasteiger partial charge in [0.05, 0.1) is 18.8 Å². The van der Waals surface area contributed by atoms with Crippen molar-refractivity contribution in [2.24, 2.45) is 5.41 Å². The topological polar surface area (TPSA) is 50.1 Å². The van der Waals surface area contributed by atoms with Gasteiger partial charge in [-0.2, -0.15) is 5.26 Å². The van der Waals surface area contributed by atoms with E-state index >= 15 is 0 Å². The first kappa shape index (κ1) is 20.7. The number of carbonyl (C=O) groups excluding carboxylic acids is 1. The molecular formula is C22H29NO2. The van der Waals surface area contributed by atoms with Crippen LogP contribution in [0.15, 0.2) is 58.2 Å². The Hall–Kier alpha value is -2.34. The lowest BCUT2D eigenvalue weighted by Crippen LogP contribution is -2.19. The van der Waals surface area contributed by atoms with Gasteiger partial charge in [-0.15, -0.1) is 0 Å². The Labute approximate surface area is 152 Å². The second-order valence-corrected chi connectivity index (χ2v) is 7.22. The number of rotatable bonds is 5. The normalized spacial score (nSPS) is 19.2. The summed E-state index contributed by atoms with van der Waals surface area (Å²) >= 11 is 0. The molecule has 0 unspecified atom stereocenters. The van der Waals surface area contributed by atoms with Crippen molar-refractivity contribution in [2.75, 3.05) is 7.11 Å². The van der Waals surface area contributed by atoms with E-state index < -0.39 is 5.97 Å². The smallest absolute Gasteiger partial charge is 0.330 e. The van der Waals surface area contributed by atoms with Crippen LogP contribution in [-0.2, 0) is 9.53 Å². The maximum atomic E-state index is 11.3. The standard InChI is InChI=1S/C22H29NO2/c1-16(9-11-19(15-23)18(3)14-21(24)25-6)10-12-20-17(2)8-7-13-22(20,4)5/h9-12,14H,7-8,13H2,1-6H3/b12-10+,16-9+,18-14+,19-11+. The van der Waals surface area contributed by atoms with Crippen LogP contribution in [0.5, 0.6) is 0 Å². The molecule has 0 atom stereocenters. The van der Waals surface area contributed by atoms with Crippen molar-refractivity contribution in [3.05, 3.63) is 58.2 Å². The van der Waals surface area contributed by atoms with E-state index in [2.05, 4.69) is 43.7 Å². The highest BCUT2D eigenvalue weighted by molar-refractivity contribution is 5.83. The van der Waals surface area contributed by atoms with Crippen LogP contribution in [-0.4, -0.2) is 13.1 Å². The SMILES string of the molecule is COC(=O)/C=C(C)/C(C#N)=C/C=C(C)/C=C/C1=C(C)CCCC1(C)C. The molecule has 1 aliphatic rings. The molecule has 134 valence electrons. The minimum Gasteiger partial charge on any atom is -0.466 e. The van der Waals surface area contributed by atoms with Gasteiger partial charge in [0.25, 0.3) is 0 Å². The number of hydrogen-bond donors (Lipinski definition) is 0. The minimum absolute atomic E-state index is 0.215. The molecule has 0 heterocycles. The van der Waals surface area contributed by atoms with E-state index in [9.17, 15) is 10.1 Å². The Bertz CT molecular complexity index is 707. The number of hydrogen-bond acceptors (Lipinski definition) is 3. The molecule has 0 saturated heterocycles. The summed E-state index contributed by atoms with van der Waals surface area (Å²) < 4.78 is 4.59. The molecule has 25 heavy (non-hydrogen) atoms. The fraction of sp³-hybridized carbons (Fsp3) is 0.455. The molecule has 0 aromatic heterocycles. The van der Waals surface area contributed by atoms with E-state index in [1.807, 2.05) is 13.0 Å². The molecule has 1 rings (SSSR count). The van der Waals surface area contributed by atoms with Gasteiger partial charge in [-0.25, -0.2) is 4.79 Å². The average molecular weight is 339 g/mol. The largest absolute Gasteiger partial charge is 0.466 e. The van der Waals surface area contributed by atoms with Crippen molar-refractivity contribution in [2.45, 2.75) is 53.9 Å². The van der Waals surface area contributed by atoms with Gasteiger partial charge in [-0.1, -0.05) is 43.2 Å². The second kappa shape index (κ2) is 9.22. The number of esters is 1. The summed E-state index contributed by atoms with van der Waals surface area (Å²) in [6.07, 6.45) is 12.9. The highest BCUT2D eigenvalue weighted by Crippen LogP contribution is 2.40. The Morgan fingerprint density at radius 2 is 1.96 bits per heavy atom. The molecule has 0 aromatic carbocycles. The maximum Gasteiger partial charge on any atom is 0.330 e. The molecule has 0 aliphatic heterocycles. The Balaban J connectivity index is 2.99. The van der Waals surface area contributed by atoms with Gasteiger partial charge >= 0.3 is 5.97 Å². The van der Waals surface area contributed by atoms with E-state index in [-0.39, 0.29) is 5.41 Å². The molecule has 0 spiro atoms. The highest BCUT2D eigenvalue weighted by Gasteiger charge is 2.26. The van der Waals surface area contributed by atoms with Gasteiger partial charge in [-0.05, 0) is 62.7 Å². The van der Waals surface area contributed by atoms with Crippen LogP contribution in [0.25, 0.3) is 0 Å². The van der Waals surface area contributed by atoms with Crippen LogP contribution in [0.1, 0.15) is 53.9 Å². The molecule has 3 heteroatoms. The lowest BCUT2D eigenvalue weighted by molar-refractivity contribution is -0.134. The highest BCUT2D eigenvalue weighted by atomic mass is 16.5. The van der Waals surface area contributed by atoms with Crippen LogP contribution in [0.3, 0.4) is 0 Å². The second-order valence-electron chi connectivity index (χ2n) is 7.22. The van der Waals surface area contributed by atoms with Crippen molar-refractivity contribution in [3.8, 4) is 6.07 Å². The molecule has 3 nitrogen and oxygen atoms in total. The van der Waals surface area contributed by atoms with Gasteiger partial charge in [0.15, 0.2) is 0 Å². The number of ether oxygens (including phenoxy) is 1. The quantitative estimate of drug-likeness (QED) is 0.284. The zero-order chi connectivity index (χ0) is 19.0.